The summed E-state index contributed by atoms with van der Waals surface area (Å²) in [5, 5.41) is 11.1. The molecule has 0 N–H and O–H groups in total. The lowest BCUT2D eigenvalue weighted by Gasteiger charge is -2.20. The molecule has 9 heteroatoms. The minimum atomic E-state index is -0.810. The molecule has 6 nitrogen and oxygen atoms in total. The van der Waals surface area contributed by atoms with Crippen molar-refractivity contribution in [2.45, 2.75) is 6.54 Å². The summed E-state index contributed by atoms with van der Waals surface area (Å²) < 4.78 is 28.0. The fourth-order valence-corrected chi connectivity index (χ4v) is 3.94. The van der Waals surface area contributed by atoms with E-state index < -0.39 is 22.5 Å². The zero-order valence-corrected chi connectivity index (χ0v) is 16.1. The summed E-state index contributed by atoms with van der Waals surface area (Å²) in [6.07, 6.45) is 0. The highest BCUT2D eigenvalue weighted by Gasteiger charge is 2.23. The lowest BCUT2D eigenvalue weighted by Crippen LogP contribution is -2.30. The summed E-state index contributed by atoms with van der Waals surface area (Å²) in [6.45, 7) is 0.139. The molecule has 0 bridgehead atoms. The minimum Gasteiger partial charge on any atom is -0.279 e. The second kappa shape index (κ2) is 7.96. The molecule has 0 aliphatic carbocycles. The summed E-state index contributed by atoms with van der Waals surface area (Å²) in [5.74, 6) is -2.00. The Hall–Kier alpha value is -3.72. The number of rotatable bonds is 5. The molecule has 150 valence electrons. The lowest BCUT2D eigenvalue weighted by molar-refractivity contribution is -0.384. The van der Waals surface area contributed by atoms with Crippen LogP contribution >= 0.6 is 11.3 Å². The maximum absolute atomic E-state index is 14.1. The van der Waals surface area contributed by atoms with Gasteiger partial charge in [0.25, 0.3) is 11.6 Å². The van der Waals surface area contributed by atoms with E-state index >= 15 is 0 Å². The van der Waals surface area contributed by atoms with Crippen LogP contribution in [0.25, 0.3) is 10.2 Å². The summed E-state index contributed by atoms with van der Waals surface area (Å²) in [4.78, 5) is 29.1. The van der Waals surface area contributed by atoms with E-state index in [9.17, 15) is 23.7 Å². The van der Waals surface area contributed by atoms with Crippen LogP contribution in [0.3, 0.4) is 0 Å². The first kappa shape index (κ1) is 19.6. The van der Waals surface area contributed by atoms with Crippen LogP contribution in [0.5, 0.6) is 0 Å². The first-order valence-corrected chi connectivity index (χ1v) is 9.60. The highest BCUT2D eigenvalue weighted by molar-refractivity contribution is 7.22. The van der Waals surface area contributed by atoms with E-state index in [1.807, 2.05) is 30.3 Å². The number of nitro benzene ring substituents is 1. The van der Waals surface area contributed by atoms with Crippen LogP contribution in [-0.4, -0.2) is 15.8 Å². The number of carbonyl (C=O) groups is 1. The van der Waals surface area contributed by atoms with Gasteiger partial charge in [-0.2, -0.15) is 0 Å². The molecule has 0 aliphatic rings. The number of benzene rings is 3. The van der Waals surface area contributed by atoms with Crippen molar-refractivity contribution in [3.05, 3.63) is 99.6 Å². The van der Waals surface area contributed by atoms with Gasteiger partial charge in [-0.05, 0) is 23.8 Å². The SMILES string of the molecule is O=C(c1ccc([N+](=O)[O-])cc1)N(Cc1ccccc1)c1nc2c(F)cc(F)cc2s1. The van der Waals surface area contributed by atoms with E-state index in [0.717, 1.165) is 29.0 Å². The lowest BCUT2D eigenvalue weighted by atomic mass is 10.1. The molecule has 0 atom stereocenters. The van der Waals surface area contributed by atoms with Crippen molar-refractivity contribution in [2.24, 2.45) is 0 Å². The number of nitrogens with zero attached hydrogens (tertiary/aromatic N) is 3. The van der Waals surface area contributed by atoms with Crippen LogP contribution in [0.1, 0.15) is 15.9 Å². The smallest absolute Gasteiger partial charge is 0.269 e. The van der Waals surface area contributed by atoms with Crippen molar-refractivity contribution in [3.63, 3.8) is 0 Å². The molecule has 4 aromatic rings. The average Bonchev–Trinajstić information content (AvgIpc) is 3.16. The monoisotopic (exact) mass is 425 g/mol. The van der Waals surface area contributed by atoms with Crippen molar-refractivity contribution in [3.8, 4) is 0 Å². The molecular weight excluding hydrogens is 412 g/mol. The third kappa shape index (κ3) is 3.87. The van der Waals surface area contributed by atoms with Crippen molar-refractivity contribution < 1.29 is 18.5 Å². The van der Waals surface area contributed by atoms with Crippen molar-refractivity contribution >= 4 is 38.3 Å². The molecule has 0 saturated carbocycles. The van der Waals surface area contributed by atoms with Crippen LogP contribution in [0, 0.1) is 21.7 Å². The number of non-ortho nitro benzene ring substituents is 1. The Morgan fingerprint density at radius 3 is 2.43 bits per heavy atom. The summed E-state index contributed by atoms with van der Waals surface area (Å²) >= 11 is 0.990. The Bertz CT molecular complexity index is 1240. The molecule has 4 rings (SSSR count). The molecule has 0 radical (unpaired) electrons. The predicted molar refractivity (Wildman–Crippen MR) is 110 cm³/mol. The first-order valence-electron chi connectivity index (χ1n) is 8.78. The Morgan fingerprint density at radius 2 is 1.77 bits per heavy atom. The summed E-state index contributed by atoms with van der Waals surface area (Å²) in [7, 11) is 0. The van der Waals surface area contributed by atoms with Crippen LogP contribution in [-0.2, 0) is 6.54 Å². The van der Waals surface area contributed by atoms with Gasteiger partial charge >= 0.3 is 0 Å². The fourth-order valence-electron chi connectivity index (χ4n) is 2.93. The van der Waals surface area contributed by atoms with Gasteiger partial charge in [0, 0.05) is 23.8 Å². The van der Waals surface area contributed by atoms with Gasteiger partial charge in [0.15, 0.2) is 10.9 Å². The molecule has 0 saturated heterocycles. The first-order chi connectivity index (χ1) is 14.4. The molecule has 0 unspecified atom stereocenters. The van der Waals surface area contributed by atoms with Crippen molar-refractivity contribution in [1.29, 1.82) is 0 Å². The number of fused-ring (bicyclic) bond motifs is 1. The topological polar surface area (TPSA) is 76.3 Å². The zero-order valence-electron chi connectivity index (χ0n) is 15.3. The van der Waals surface area contributed by atoms with Gasteiger partial charge in [0.2, 0.25) is 0 Å². The third-order valence-electron chi connectivity index (χ3n) is 4.39. The third-order valence-corrected chi connectivity index (χ3v) is 5.41. The van der Waals surface area contributed by atoms with Crippen LogP contribution in [0.4, 0.5) is 19.6 Å². The van der Waals surface area contributed by atoms with E-state index in [4.69, 9.17) is 0 Å². The summed E-state index contributed by atoms with van der Waals surface area (Å²) in [5.41, 5.74) is 0.853. The van der Waals surface area contributed by atoms with Gasteiger partial charge in [-0.1, -0.05) is 41.7 Å². The van der Waals surface area contributed by atoms with Crippen molar-refractivity contribution in [1.82, 2.24) is 4.98 Å². The highest BCUT2D eigenvalue weighted by Crippen LogP contribution is 2.33. The molecule has 0 fully saturated rings. The van der Waals surface area contributed by atoms with Gasteiger partial charge < -0.3 is 0 Å². The molecule has 3 aromatic carbocycles. The quantitative estimate of drug-likeness (QED) is 0.320. The number of carbonyl (C=O) groups excluding carboxylic acids is 1. The van der Waals surface area contributed by atoms with E-state index in [1.165, 1.54) is 29.2 Å². The van der Waals surface area contributed by atoms with Gasteiger partial charge in [-0.15, -0.1) is 0 Å². The highest BCUT2D eigenvalue weighted by atomic mass is 32.1. The standard InChI is InChI=1S/C21H13F2N3O3S/c22-15-10-17(23)19-18(11-15)30-21(24-19)25(12-13-4-2-1-3-5-13)20(27)14-6-8-16(9-7-14)26(28)29/h1-11H,12H2. The van der Waals surface area contributed by atoms with Gasteiger partial charge in [0.1, 0.15) is 11.3 Å². The fraction of sp³-hybridized carbons (Fsp3) is 0.0476. The summed E-state index contributed by atoms with van der Waals surface area (Å²) in [6, 6.07) is 16.2. The Labute approximate surface area is 173 Å². The second-order valence-electron chi connectivity index (χ2n) is 6.41. The molecule has 0 spiro atoms. The number of aromatic nitrogens is 1. The van der Waals surface area contributed by atoms with E-state index in [0.29, 0.717) is 0 Å². The van der Waals surface area contributed by atoms with Gasteiger partial charge in [-0.25, -0.2) is 13.8 Å². The molecular formula is C21H13F2N3O3S. The minimum absolute atomic E-state index is 0.0223. The Morgan fingerprint density at radius 1 is 1.07 bits per heavy atom. The van der Waals surface area contributed by atoms with Gasteiger partial charge in [-0.3, -0.25) is 19.8 Å². The van der Waals surface area contributed by atoms with E-state index in [2.05, 4.69) is 4.98 Å². The van der Waals surface area contributed by atoms with Gasteiger partial charge in [0.05, 0.1) is 16.2 Å². The number of halogens is 2. The number of nitro groups is 1. The van der Waals surface area contributed by atoms with E-state index in [1.54, 1.807) is 0 Å². The molecule has 30 heavy (non-hydrogen) atoms. The van der Waals surface area contributed by atoms with Crippen molar-refractivity contribution in [2.75, 3.05) is 4.90 Å². The maximum Gasteiger partial charge on any atom is 0.269 e. The normalized spacial score (nSPS) is 10.9. The molecule has 0 aliphatic heterocycles. The Balaban J connectivity index is 1.77. The second-order valence-corrected chi connectivity index (χ2v) is 7.42. The molecule has 1 amide bonds. The number of thiazole rings is 1. The van der Waals surface area contributed by atoms with Crippen LogP contribution in [0.2, 0.25) is 0 Å². The average molecular weight is 425 g/mol. The number of anilines is 1. The molecule has 1 heterocycles. The van der Waals surface area contributed by atoms with Crippen LogP contribution < -0.4 is 4.90 Å². The zero-order chi connectivity index (χ0) is 21.3. The van der Waals surface area contributed by atoms with E-state index in [-0.39, 0.29) is 33.1 Å². The Kier molecular flexibility index (Phi) is 5.20. The van der Waals surface area contributed by atoms with Crippen LogP contribution in [0.15, 0.2) is 66.7 Å². The number of hydrogen-bond donors (Lipinski definition) is 0. The maximum atomic E-state index is 14.1. The predicted octanol–water partition coefficient (Wildman–Crippen LogP) is 5.33. The number of hydrogen-bond acceptors (Lipinski definition) is 5. The largest absolute Gasteiger partial charge is 0.279 e. The molecule has 1 aromatic heterocycles. The number of amides is 1.